The summed E-state index contributed by atoms with van der Waals surface area (Å²) in [6.07, 6.45) is 5.72. The Labute approximate surface area is 203 Å². The van der Waals surface area contributed by atoms with Crippen LogP contribution >= 0.6 is 0 Å². The third-order valence-corrected chi connectivity index (χ3v) is 11.0. The van der Waals surface area contributed by atoms with Crippen LogP contribution in [0, 0.1) is 46.3 Å². The van der Waals surface area contributed by atoms with E-state index in [9.17, 15) is 24.9 Å². The molecule has 4 saturated carbocycles. The summed E-state index contributed by atoms with van der Waals surface area (Å²) in [4.78, 5) is 22.6. The lowest BCUT2D eigenvalue weighted by atomic mass is 9.43. The summed E-state index contributed by atoms with van der Waals surface area (Å²) in [6, 6.07) is 0. The Hall–Kier alpha value is -1.18. The molecule has 0 aromatic heterocycles. The van der Waals surface area contributed by atoms with Gasteiger partial charge < -0.3 is 25.7 Å². The highest BCUT2D eigenvalue weighted by atomic mass is 16.4. The Morgan fingerprint density at radius 3 is 2.44 bits per heavy atom. The normalized spacial score (nSPS) is 46.6. The molecule has 5 N–H and O–H groups in total. The quantitative estimate of drug-likeness (QED) is 0.382. The van der Waals surface area contributed by atoms with Gasteiger partial charge in [0.25, 0.3) is 0 Å². The SMILES string of the molecule is C[C@H](CCNC(=O)CCC(=O)O)[C@H]1CC[C@H]2C3C(O)CC4C[C@@H](O)CC[C@]4(C)[C@H]3C[C@@H](O)[C@]12C. The van der Waals surface area contributed by atoms with E-state index in [-0.39, 0.29) is 47.7 Å². The largest absolute Gasteiger partial charge is 0.481 e. The molecule has 0 aromatic rings. The molecule has 0 aliphatic heterocycles. The lowest BCUT2D eigenvalue weighted by Crippen LogP contribution is -2.62. The van der Waals surface area contributed by atoms with Gasteiger partial charge in [0.05, 0.1) is 24.7 Å². The van der Waals surface area contributed by atoms with Gasteiger partial charge in [-0.1, -0.05) is 20.8 Å². The van der Waals surface area contributed by atoms with Crippen LogP contribution in [0.2, 0.25) is 0 Å². The first kappa shape index (κ1) is 25.9. The number of aliphatic hydroxyl groups is 3. The Bertz CT molecular complexity index is 774. The third-order valence-electron chi connectivity index (χ3n) is 11.0. The summed E-state index contributed by atoms with van der Waals surface area (Å²) in [5.41, 5.74) is -0.165. The minimum Gasteiger partial charge on any atom is -0.481 e. The van der Waals surface area contributed by atoms with Gasteiger partial charge in [-0.15, -0.1) is 0 Å². The molecular weight excluding hydrogens is 434 g/mol. The van der Waals surface area contributed by atoms with Crippen molar-refractivity contribution in [1.29, 1.82) is 0 Å². The third kappa shape index (κ3) is 4.41. The highest BCUT2D eigenvalue weighted by Crippen LogP contribution is 2.68. The number of carboxylic acid groups (broad SMARTS) is 1. The van der Waals surface area contributed by atoms with Gasteiger partial charge in [-0.25, -0.2) is 0 Å². The number of nitrogens with one attached hydrogen (secondary N) is 1. The number of aliphatic carboxylic acids is 1. The molecule has 4 fully saturated rings. The first-order valence-corrected chi connectivity index (χ1v) is 13.5. The van der Waals surface area contributed by atoms with Gasteiger partial charge in [0, 0.05) is 13.0 Å². The molecule has 1 amide bonds. The van der Waals surface area contributed by atoms with E-state index < -0.39 is 12.1 Å². The van der Waals surface area contributed by atoms with Crippen molar-refractivity contribution in [3.8, 4) is 0 Å². The molecular formula is C27H45NO6. The predicted octanol–water partition coefficient (Wildman–Crippen LogP) is 2.96. The van der Waals surface area contributed by atoms with Crippen LogP contribution in [0.1, 0.15) is 85.0 Å². The maximum atomic E-state index is 11.9. The van der Waals surface area contributed by atoms with Crippen LogP contribution in [0.4, 0.5) is 0 Å². The zero-order valence-corrected chi connectivity index (χ0v) is 21.1. The maximum Gasteiger partial charge on any atom is 0.303 e. The average molecular weight is 480 g/mol. The van der Waals surface area contributed by atoms with Crippen LogP contribution in [0.5, 0.6) is 0 Å². The minimum absolute atomic E-state index is 0.00337. The van der Waals surface area contributed by atoms with E-state index in [1.165, 1.54) is 0 Å². The molecule has 0 saturated heterocycles. The van der Waals surface area contributed by atoms with Crippen molar-refractivity contribution in [1.82, 2.24) is 5.32 Å². The van der Waals surface area contributed by atoms with E-state index >= 15 is 0 Å². The second kappa shape index (κ2) is 9.70. The Kier molecular flexibility index (Phi) is 7.39. The van der Waals surface area contributed by atoms with Gasteiger partial charge in [0.2, 0.25) is 5.91 Å². The minimum atomic E-state index is -0.965. The predicted molar refractivity (Wildman–Crippen MR) is 128 cm³/mol. The molecule has 11 atom stereocenters. The van der Waals surface area contributed by atoms with Gasteiger partial charge in [0.15, 0.2) is 0 Å². The van der Waals surface area contributed by atoms with Gasteiger partial charge in [-0.3, -0.25) is 9.59 Å². The van der Waals surface area contributed by atoms with Crippen molar-refractivity contribution in [3.63, 3.8) is 0 Å². The summed E-state index contributed by atoms with van der Waals surface area (Å²) < 4.78 is 0. The number of hydrogen-bond donors (Lipinski definition) is 5. The van der Waals surface area contributed by atoms with Crippen LogP contribution in [-0.4, -0.2) is 57.2 Å². The van der Waals surface area contributed by atoms with Crippen molar-refractivity contribution < 1.29 is 30.0 Å². The molecule has 0 radical (unpaired) electrons. The zero-order valence-electron chi connectivity index (χ0n) is 21.1. The molecule has 4 aliphatic rings. The maximum absolute atomic E-state index is 11.9. The van der Waals surface area contributed by atoms with E-state index in [4.69, 9.17) is 5.11 Å². The smallest absolute Gasteiger partial charge is 0.303 e. The molecule has 3 unspecified atom stereocenters. The average Bonchev–Trinajstić information content (AvgIpc) is 3.13. The van der Waals surface area contributed by atoms with E-state index in [0.29, 0.717) is 36.1 Å². The first-order chi connectivity index (χ1) is 16.0. The van der Waals surface area contributed by atoms with Crippen LogP contribution in [0.3, 0.4) is 0 Å². The summed E-state index contributed by atoms with van der Waals surface area (Å²) in [6.45, 7) is 7.32. The van der Waals surface area contributed by atoms with E-state index in [2.05, 4.69) is 26.1 Å². The lowest BCUT2D eigenvalue weighted by Gasteiger charge is -2.63. The Morgan fingerprint density at radius 2 is 1.74 bits per heavy atom. The molecule has 7 heteroatoms. The van der Waals surface area contributed by atoms with Crippen LogP contribution in [-0.2, 0) is 9.59 Å². The number of carbonyl (C=O) groups is 2. The number of fused-ring (bicyclic) bond motifs is 5. The van der Waals surface area contributed by atoms with Crippen molar-refractivity contribution in [3.05, 3.63) is 0 Å². The van der Waals surface area contributed by atoms with Crippen LogP contribution in [0.15, 0.2) is 0 Å². The number of hydrogen-bond acceptors (Lipinski definition) is 5. The molecule has 0 aromatic carbocycles. The van der Waals surface area contributed by atoms with Gasteiger partial charge >= 0.3 is 5.97 Å². The lowest BCUT2D eigenvalue weighted by molar-refractivity contribution is -0.207. The standard InChI is InChI=1S/C27H45NO6/c1-15(9-11-28-23(32)6-7-24(33)34)18-4-5-19-25-20(14-22(31)27(18,19)3)26(2)10-8-17(29)12-16(26)13-21(25)30/h15-22,25,29-31H,4-14H2,1-3H3,(H,28,32)(H,33,34)/t15-,16?,17+,18-,19+,20+,21?,22-,25?,26+,27-/m1/s1. The fraction of sp³-hybridized carbons (Fsp3) is 0.926. The number of amides is 1. The second-order valence-corrected chi connectivity index (χ2v) is 12.5. The van der Waals surface area contributed by atoms with Crippen molar-refractivity contribution in [2.75, 3.05) is 6.54 Å². The topological polar surface area (TPSA) is 127 Å². The highest BCUT2D eigenvalue weighted by Gasteiger charge is 2.65. The summed E-state index contributed by atoms with van der Waals surface area (Å²) in [5.74, 6) is 0.569. The molecule has 4 aliphatic carbocycles. The summed E-state index contributed by atoms with van der Waals surface area (Å²) >= 11 is 0. The van der Waals surface area contributed by atoms with Gasteiger partial charge in [0.1, 0.15) is 0 Å². The second-order valence-electron chi connectivity index (χ2n) is 12.5. The molecule has 0 spiro atoms. The first-order valence-electron chi connectivity index (χ1n) is 13.5. The molecule has 4 rings (SSSR count). The van der Waals surface area contributed by atoms with Crippen molar-refractivity contribution in [2.24, 2.45) is 46.3 Å². The fourth-order valence-corrected chi connectivity index (χ4v) is 9.08. The Balaban J connectivity index is 1.44. The number of carboxylic acids is 1. The van der Waals surface area contributed by atoms with E-state index in [1.807, 2.05) is 0 Å². The van der Waals surface area contributed by atoms with Gasteiger partial charge in [-0.05, 0) is 97.7 Å². The number of rotatable bonds is 7. The van der Waals surface area contributed by atoms with Crippen LogP contribution in [0.25, 0.3) is 0 Å². The van der Waals surface area contributed by atoms with Crippen molar-refractivity contribution >= 4 is 11.9 Å². The highest BCUT2D eigenvalue weighted by molar-refractivity contribution is 5.80. The molecule has 0 heterocycles. The summed E-state index contributed by atoms with van der Waals surface area (Å²) in [5, 5.41) is 44.8. The molecule has 0 bridgehead atoms. The molecule has 34 heavy (non-hydrogen) atoms. The fourth-order valence-electron chi connectivity index (χ4n) is 9.08. The zero-order chi connectivity index (χ0) is 24.8. The Morgan fingerprint density at radius 1 is 1.00 bits per heavy atom. The molecule has 7 nitrogen and oxygen atoms in total. The number of carbonyl (C=O) groups excluding carboxylic acids is 1. The van der Waals surface area contributed by atoms with Gasteiger partial charge in [-0.2, -0.15) is 0 Å². The van der Waals surface area contributed by atoms with Crippen LogP contribution < -0.4 is 5.32 Å². The van der Waals surface area contributed by atoms with Crippen molar-refractivity contribution in [2.45, 2.75) is 103 Å². The monoisotopic (exact) mass is 479 g/mol. The molecule has 194 valence electrons. The van der Waals surface area contributed by atoms with E-state index in [0.717, 1.165) is 51.4 Å². The number of aliphatic hydroxyl groups excluding tert-OH is 3. The van der Waals surface area contributed by atoms with E-state index in [1.54, 1.807) is 0 Å². The summed E-state index contributed by atoms with van der Waals surface area (Å²) in [7, 11) is 0.